The quantitative estimate of drug-likeness (QED) is 0.177. The molecule has 0 bridgehead atoms. The van der Waals surface area contributed by atoms with Gasteiger partial charge in [0, 0.05) is 17.6 Å². The van der Waals surface area contributed by atoms with Crippen molar-refractivity contribution in [3.05, 3.63) is 133 Å². The maximum Gasteiger partial charge on any atom is 3.00 e. The molecular weight excluding hydrogens is 645 g/mol. The first-order valence-corrected chi connectivity index (χ1v) is 12.4. The topological polar surface area (TPSA) is 22.6 Å². The zero-order valence-electron chi connectivity index (χ0n) is 21.5. The Bertz CT molecular complexity index is 1490. The average Bonchev–Trinajstić information content (AvgIpc) is 3.33. The van der Waals surface area contributed by atoms with Gasteiger partial charge in [-0.25, -0.2) is 0 Å². The van der Waals surface area contributed by atoms with Gasteiger partial charge < -0.3 is 19.7 Å². The number of rotatable bonds is 2. The van der Waals surface area contributed by atoms with Gasteiger partial charge in [0.1, 0.15) is 0 Å². The Morgan fingerprint density at radius 1 is 0.711 bits per heavy atom. The van der Waals surface area contributed by atoms with Crippen molar-refractivity contribution in [3.8, 4) is 11.3 Å². The van der Waals surface area contributed by atoms with Crippen LogP contribution < -0.4 is 14.7 Å². The van der Waals surface area contributed by atoms with Gasteiger partial charge in [-0.2, -0.15) is 18.2 Å². The minimum absolute atomic E-state index is 0. The van der Waals surface area contributed by atoms with Crippen LogP contribution in [-0.4, -0.2) is 12.0 Å². The largest absolute Gasteiger partial charge is 3.00 e. The number of hydrogen-bond acceptors (Lipinski definition) is 4. The maximum absolute atomic E-state index is 4.22. The summed E-state index contributed by atoms with van der Waals surface area (Å²) < 4.78 is 0. The second-order valence-corrected chi connectivity index (χ2v) is 9.30. The van der Waals surface area contributed by atoms with E-state index in [4.69, 9.17) is 0 Å². The summed E-state index contributed by atoms with van der Waals surface area (Å²) in [5.41, 5.74) is 11.7. The molecule has 0 spiro atoms. The van der Waals surface area contributed by atoms with Crippen LogP contribution in [-0.2, 0) is 20.1 Å². The van der Waals surface area contributed by atoms with E-state index in [1.807, 2.05) is 54.6 Å². The summed E-state index contributed by atoms with van der Waals surface area (Å²) in [7, 11) is 2.12. The third kappa shape index (κ3) is 4.71. The van der Waals surface area contributed by atoms with Gasteiger partial charge in [0.15, 0.2) is 0 Å². The number of nitrogens with zero attached hydrogens (tertiary/aromatic N) is 4. The van der Waals surface area contributed by atoms with Crippen LogP contribution in [0.25, 0.3) is 11.3 Å². The van der Waals surface area contributed by atoms with E-state index in [0.717, 1.165) is 16.9 Å². The van der Waals surface area contributed by atoms with Crippen molar-refractivity contribution >= 4 is 34.1 Å². The molecule has 0 aliphatic carbocycles. The molecular formula is C33H27IrN4. The molecule has 0 saturated carbocycles. The number of anilines is 6. The van der Waals surface area contributed by atoms with Crippen LogP contribution in [0.5, 0.6) is 0 Å². The van der Waals surface area contributed by atoms with Gasteiger partial charge in [0.2, 0.25) is 0 Å². The molecule has 38 heavy (non-hydrogen) atoms. The Morgan fingerprint density at radius 3 is 2.18 bits per heavy atom. The molecule has 0 atom stereocenters. The van der Waals surface area contributed by atoms with Crippen molar-refractivity contribution in [2.75, 3.05) is 21.7 Å². The van der Waals surface area contributed by atoms with Crippen molar-refractivity contribution in [1.29, 1.82) is 0 Å². The summed E-state index contributed by atoms with van der Waals surface area (Å²) in [5.74, 6) is 0. The van der Waals surface area contributed by atoms with Gasteiger partial charge >= 0.3 is 20.1 Å². The number of aromatic nitrogens is 1. The molecule has 0 fully saturated rings. The van der Waals surface area contributed by atoms with Crippen LogP contribution in [0.4, 0.5) is 34.1 Å². The summed E-state index contributed by atoms with van der Waals surface area (Å²) >= 11 is 0. The van der Waals surface area contributed by atoms with Crippen LogP contribution in [0, 0.1) is 32.6 Å². The molecule has 5 heteroatoms. The maximum atomic E-state index is 4.22. The normalized spacial score (nSPS) is 12.7. The first-order chi connectivity index (χ1) is 18.1. The summed E-state index contributed by atoms with van der Waals surface area (Å²) in [6.07, 6.45) is 1.79. The van der Waals surface area contributed by atoms with E-state index < -0.39 is 0 Å². The predicted molar refractivity (Wildman–Crippen MR) is 153 cm³/mol. The minimum atomic E-state index is 0. The molecule has 0 amide bonds. The number of aryl methyl sites for hydroxylation is 2. The Labute approximate surface area is 238 Å². The average molecular weight is 672 g/mol. The van der Waals surface area contributed by atoms with Crippen LogP contribution in [0.1, 0.15) is 11.1 Å². The van der Waals surface area contributed by atoms with E-state index in [9.17, 15) is 0 Å². The number of fused-ring (bicyclic) bond motifs is 2. The van der Waals surface area contributed by atoms with Crippen LogP contribution >= 0.6 is 0 Å². The standard InChI is InChI=1S/C22H19N3.C11H8N.Ir/c1-15-11-16(2)13-17(12-15)24-14-25-19-8-5-4-7-18(19)23(3)20-9-6-10-21(24)22(20)25;1-2-6-10(7-3-1)11-8-4-5-9-12-11;/h4-7,9-14H,1-3H3;1-6,8-9H;/q-2;-1;+3. The molecule has 4 nitrogen and oxygen atoms in total. The Balaban J connectivity index is 0.000000191. The zero-order valence-corrected chi connectivity index (χ0v) is 23.9. The van der Waals surface area contributed by atoms with Crippen molar-refractivity contribution in [2.24, 2.45) is 0 Å². The summed E-state index contributed by atoms with van der Waals surface area (Å²) in [5, 5.41) is 0. The van der Waals surface area contributed by atoms with E-state index in [0.29, 0.717) is 0 Å². The van der Waals surface area contributed by atoms with E-state index in [1.165, 1.54) is 39.6 Å². The fraction of sp³-hybridized carbons (Fsp3) is 0.0909. The SMILES string of the molecule is Cc1cc(C)cc(N2[CH-]N3c4[c-]cccc4N(C)c4cccc2c43)c1.[Ir+3].[c-]1ccccc1-c1ccccn1. The Kier molecular flexibility index (Phi) is 7.33. The molecule has 0 saturated heterocycles. The first-order valence-electron chi connectivity index (χ1n) is 12.4. The van der Waals surface area contributed by atoms with Crippen molar-refractivity contribution in [3.63, 3.8) is 0 Å². The van der Waals surface area contributed by atoms with Gasteiger partial charge in [0.05, 0.1) is 11.4 Å². The molecule has 2 aliphatic heterocycles. The number of hydrogen-bond donors (Lipinski definition) is 0. The molecule has 5 aromatic rings. The van der Waals surface area contributed by atoms with Crippen molar-refractivity contribution in [1.82, 2.24) is 4.98 Å². The molecule has 4 aromatic carbocycles. The second-order valence-electron chi connectivity index (χ2n) is 9.30. The van der Waals surface area contributed by atoms with Crippen molar-refractivity contribution in [2.45, 2.75) is 13.8 Å². The Hall–Kier alpha value is -3.92. The monoisotopic (exact) mass is 672 g/mol. The number of pyridine rings is 1. The van der Waals surface area contributed by atoms with Crippen molar-refractivity contribution < 1.29 is 20.1 Å². The van der Waals surface area contributed by atoms with Crippen LogP contribution in [0.15, 0.2) is 103 Å². The van der Waals surface area contributed by atoms with Crippen LogP contribution in [0.2, 0.25) is 0 Å². The fourth-order valence-corrected chi connectivity index (χ4v) is 5.02. The van der Waals surface area contributed by atoms with Gasteiger partial charge in [-0.3, -0.25) is 0 Å². The number of para-hydroxylation sites is 2. The summed E-state index contributed by atoms with van der Waals surface area (Å²) in [6, 6.07) is 39.6. The molecule has 188 valence electrons. The molecule has 0 N–H and O–H groups in total. The molecule has 2 aliphatic rings. The molecule has 1 aromatic heterocycles. The van der Waals surface area contributed by atoms with Gasteiger partial charge in [0.25, 0.3) is 0 Å². The number of benzene rings is 4. The molecule has 3 heterocycles. The third-order valence-corrected chi connectivity index (χ3v) is 6.64. The second kappa shape index (κ2) is 10.8. The van der Waals surface area contributed by atoms with Gasteiger partial charge in [-0.1, -0.05) is 30.0 Å². The Morgan fingerprint density at radius 2 is 1.45 bits per heavy atom. The molecule has 0 radical (unpaired) electrons. The van der Waals surface area contributed by atoms with E-state index >= 15 is 0 Å². The van der Waals surface area contributed by atoms with E-state index in [-0.39, 0.29) is 20.1 Å². The first kappa shape index (κ1) is 25.7. The zero-order chi connectivity index (χ0) is 25.4. The smallest absolute Gasteiger partial charge is 0.490 e. The van der Waals surface area contributed by atoms with Gasteiger partial charge in [-0.15, -0.1) is 48.6 Å². The molecule has 7 rings (SSSR count). The van der Waals surface area contributed by atoms with E-state index in [2.05, 4.69) is 102 Å². The van der Waals surface area contributed by atoms with E-state index in [1.54, 1.807) is 6.20 Å². The van der Waals surface area contributed by atoms with Crippen LogP contribution in [0.3, 0.4) is 0 Å². The summed E-state index contributed by atoms with van der Waals surface area (Å²) in [6.45, 7) is 6.48. The summed E-state index contributed by atoms with van der Waals surface area (Å²) in [4.78, 5) is 11.0. The predicted octanol–water partition coefficient (Wildman–Crippen LogP) is 8.14. The van der Waals surface area contributed by atoms with Gasteiger partial charge in [-0.05, 0) is 73.7 Å². The fourth-order valence-electron chi connectivity index (χ4n) is 5.02. The molecule has 0 unspecified atom stereocenters. The third-order valence-electron chi connectivity index (χ3n) is 6.64. The minimum Gasteiger partial charge on any atom is -0.490 e.